The summed E-state index contributed by atoms with van der Waals surface area (Å²) in [5, 5.41) is 3.74. The van der Waals surface area contributed by atoms with E-state index in [1.165, 1.54) is 72.5 Å². The average molecular weight is 800 g/mol. The van der Waals surface area contributed by atoms with Crippen molar-refractivity contribution in [2.75, 3.05) is 6.54 Å². The Bertz CT molecular complexity index is 3150. The minimum absolute atomic E-state index is 0.263. The minimum atomic E-state index is 0.263. The summed E-state index contributed by atoms with van der Waals surface area (Å²) in [6.07, 6.45) is 12.1. The van der Waals surface area contributed by atoms with E-state index in [-0.39, 0.29) is 5.92 Å². The smallest absolute Gasteiger partial charge is 0.160 e. The molecule has 4 heterocycles. The van der Waals surface area contributed by atoms with Crippen molar-refractivity contribution in [1.82, 2.24) is 25.0 Å². The van der Waals surface area contributed by atoms with Gasteiger partial charge in [-0.3, -0.25) is 5.01 Å². The quantitative estimate of drug-likeness (QED) is 0.174. The zero-order valence-electron chi connectivity index (χ0n) is 34.5. The second-order valence-electron chi connectivity index (χ2n) is 16.8. The molecule has 0 saturated carbocycles. The highest BCUT2D eigenvalue weighted by Gasteiger charge is 2.38. The summed E-state index contributed by atoms with van der Waals surface area (Å²) in [6.45, 7) is 0.764. The Morgan fingerprint density at radius 3 is 2.10 bits per heavy atom. The third kappa shape index (κ3) is 6.19. The van der Waals surface area contributed by atoms with Crippen molar-refractivity contribution >= 4 is 45.1 Å². The number of fused-ring (bicyclic) bond motifs is 6. The molecule has 2 aliphatic heterocycles. The molecule has 298 valence electrons. The van der Waals surface area contributed by atoms with Gasteiger partial charge < -0.3 is 4.57 Å². The third-order valence-electron chi connectivity index (χ3n) is 13.2. The molecule has 0 spiro atoms. The van der Waals surface area contributed by atoms with E-state index in [0.29, 0.717) is 0 Å². The van der Waals surface area contributed by atoms with Gasteiger partial charge in [-0.1, -0.05) is 158 Å². The normalized spacial score (nSPS) is 16.9. The molecule has 0 fully saturated rings. The van der Waals surface area contributed by atoms with Gasteiger partial charge in [0.15, 0.2) is 5.82 Å². The molecule has 5 heteroatoms. The second kappa shape index (κ2) is 15.3. The minimum Gasteiger partial charge on any atom is -0.310 e. The molecular weight excluding hydrogens is 755 g/mol. The maximum absolute atomic E-state index is 5.38. The second-order valence-corrected chi connectivity index (χ2v) is 16.8. The first-order valence-electron chi connectivity index (χ1n) is 22.0. The first kappa shape index (κ1) is 36.5. The number of hydrazine groups is 1. The first-order chi connectivity index (χ1) is 30.8. The van der Waals surface area contributed by atoms with Crippen molar-refractivity contribution in [2.24, 2.45) is 5.92 Å². The topological polar surface area (TPSA) is 46.0 Å². The van der Waals surface area contributed by atoms with Gasteiger partial charge >= 0.3 is 0 Å². The van der Waals surface area contributed by atoms with Gasteiger partial charge in [0, 0.05) is 45.6 Å². The fourth-order valence-electron chi connectivity index (χ4n) is 10.4. The standard InChI is InChI=1S/C57H45N5/c1-4-18-38(19-5-1)49-37-58-62-55(39-20-6-2-7-21-39)54(47-30-10-11-31-48(47)56(49)62)43-26-16-24-41(34-43)50-36-51(60-57(59-50)40-22-8-3-9-23-40)42-25-17-27-44(35-42)61-52-32-14-12-28-45(52)46-29-13-15-33-53(46)61/h1-12,14-15,17-25,27-28,30-33,35-36,43,58H,13,16,26,29,34,37H2. The molecule has 62 heavy (non-hydrogen) atoms. The molecule has 0 amide bonds. The Kier molecular flexibility index (Phi) is 9.00. The molecule has 4 aliphatic rings. The van der Waals surface area contributed by atoms with Crippen LogP contribution in [-0.2, 0) is 6.42 Å². The largest absolute Gasteiger partial charge is 0.310 e. The molecule has 2 aromatic heterocycles. The molecule has 8 aromatic rings. The summed E-state index contributed by atoms with van der Waals surface area (Å²) in [5.41, 5.74) is 24.5. The number of allylic oxidation sites excluding steroid dienone is 4. The summed E-state index contributed by atoms with van der Waals surface area (Å²) in [4.78, 5) is 10.7. The van der Waals surface area contributed by atoms with Crippen molar-refractivity contribution in [3.63, 3.8) is 0 Å². The van der Waals surface area contributed by atoms with Gasteiger partial charge in [-0.05, 0) is 102 Å². The van der Waals surface area contributed by atoms with Crippen LogP contribution in [0.25, 0.3) is 73.4 Å². The molecule has 6 aromatic carbocycles. The van der Waals surface area contributed by atoms with Crippen molar-refractivity contribution in [3.05, 3.63) is 221 Å². The SMILES string of the molecule is C1=Cc2c(c3ccccc3n2-c2cccc(-c3cc(C4=CCCC(C5=C(c6ccccc6)N6NCC(c7ccccc7)=C6c6ccccc65)C4)nc(-c4ccccc4)n3)c2)CC1. The van der Waals surface area contributed by atoms with E-state index >= 15 is 0 Å². The number of benzene rings is 6. The van der Waals surface area contributed by atoms with Crippen LogP contribution in [0.15, 0.2) is 182 Å². The predicted octanol–water partition coefficient (Wildman–Crippen LogP) is 13.2. The Morgan fingerprint density at radius 2 is 1.27 bits per heavy atom. The van der Waals surface area contributed by atoms with Crippen molar-refractivity contribution in [3.8, 4) is 28.3 Å². The fourth-order valence-corrected chi connectivity index (χ4v) is 10.4. The Balaban J connectivity index is 0.981. The van der Waals surface area contributed by atoms with Crippen LogP contribution in [0.5, 0.6) is 0 Å². The van der Waals surface area contributed by atoms with Gasteiger partial charge in [0.05, 0.1) is 28.3 Å². The van der Waals surface area contributed by atoms with Gasteiger partial charge in [0.25, 0.3) is 0 Å². The maximum atomic E-state index is 5.38. The summed E-state index contributed by atoms with van der Waals surface area (Å²) < 4.78 is 2.43. The number of nitrogens with one attached hydrogen (secondary N) is 1. The summed E-state index contributed by atoms with van der Waals surface area (Å²) in [5.74, 6) is 1.01. The van der Waals surface area contributed by atoms with Gasteiger partial charge in [-0.2, -0.15) is 0 Å². The van der Waals surface area contributed by atoms with Crippen LogP contribution in [0.4, 0.5) is 0 Å². The molecule has 2 aliphatic carbocycles. The van der Waals surface area contributed by atoms with Crippen molar-refractivity contribution < 1.29 is 0 Å². The number of aromatic nitrogens is 3. The molecule has 12 rings (SSSR count). The van der Waals surface area contributed by atoms with Gasteiger partial charge in [0.1, 0.15) is 0 Å². The van der Waals surface area contributed by atoms with E-state index in [0.717, 1.165) is 72.7 Å². The van der Waals surface area contributed by atoms with E-state index in [1.54, 1.807) is 0 Å². The molecule has 1 unspecified atom stereocenters. The summed E-state index contributed by atoms with van der Waals surface area (Å²) in [7, 11) is 0. The molecule has 0 bridgehead atoms. The Hall–Kier alpha value is -7.34. The highest BCUT2D eigenvalue weighted by atomic mass is 15.5. The van der Waals surface area contributed by atoms with E-state index in [1.807, 2.05) is 0 Å². The lowest BCUT2D eigenvalue weighted by Gasteiger charge is -2.38. The number of hydrogen-bond acceptors (Lipinski definition) is 4. The van der Waals surface area contributed by atoms with Gasteiger partial charge in [-0.25, -0.2) is 15.4 Å². The zero-order valence-corrected chi connectivity index (χ0v) is 34.5. The summed E-state index contributed by atoms with van der Waals surface area (Å²) >= 11 is 0. The maximum Gasteiger partial charge on any atom is 0.160 e. The lowest BCUT2D eigenvalue weighted by Crippen LogP contribution is -2.34. The predicted molar refractivity (Wildman–Crippen MR) is 255 cm³/mol. The van der Waals surface area contributed by atoms with E-state index in [2.05, 4.69) is 203 Å². The highest BCUT2D eigenvalue weighted by Crippen LogP contribution is 2.52. The molecule has 0 radical (unpaired) electrons. The fraction of sp³-hybridized carbons (Fsp3) is 0.123. The van der Waals surface area contributed by atoms with Gasteiger partial charge in [0.2, 0.25) is 0 Å². The molecule has 1 atom stereocenters. The van der Waals surface area contributed by atoms with Gasteiger partial charge in [-0.15, -0.1) is 0 Å². The lowest BCUT2D eigenvalue weighted by atomic mass is 9.75. The van der Waals surface area contributed by atoms with Crippen LogP contribution in [0, 0.1) is 5.92 Å². The van der Waals surface area contributed by atoms with E-state index in [4.69, 9.17) is 9.97 Å². The van der Waals surface area contributed by atoms with Crippen LogP contribution in [0.2, 0.25) is 0 Å². The lowest BCUT2D eigenvalue weighted by molar-refractivity contribution is 0.451. The highest BCUT2D eigenvalue weighted by molar-refractivity contribution is 6.07. The number of nitrogens with zero attached hydrogens (tertiary/aromatic N) is 4. The number of rotatable bonds is 7. The van der Waals surface area contributed by atoms with E-state index in [9.17, 15) is 0 Å². The van der Waals surface area contributed by atoms with E-state index < -0.39 is 0 Å². The van der Waals surface area contributed by atoms with Crippen LogP contribution in [0.1, 0.15) is 64.9 Å². The zero-order chi connectivity index (χ0) is 41.0. The van der Waals surface area contributed by atoms with Crippen LogP contribution < -0.4 is 5.43 Å². The first-order valence-corrected chi connectivity index (χ1v) is 22.0. The molecule has 5 nitrogen and oxygen atoms in total. The van der Waals surface area contributed by atoms with Crippen LogP contribution in [0.3, 0.4) is 0 Å². The van der Waals surface area contributed by atoms with Crippen molar-refractivity contribution in [2.45, 2.75) is 32.1 Å². The monoisotopic (exact) mass is 799 g/mol. The molecular formula is C57H45N5. The third-order valence-corrected chi connectivity index (χ3v) is 13.2. The average Bonchev–Trinajstić information content (AvgIpc) is 3.95. The van der Waals surface area contributed by atoms with Crippen LogP contribution in [-0.4, -0.2) is 26.1 Å². The Morgan fingerprint density at radius 1 is 0.581 bits per heavy atom. The summed E-state index contributed by atoms with van der Waals surface area (Å²) in [6, 6.07) is 61.3. The Labute approximate surface area is 362 Å². The molecule has 0 saturated heterocycles. The number of aryl methyl sites for hydroxylation is 1. The molecule has 1 N–H and O–H groups in total. The number of hydrogen-bond donors (Lipinski definition) is 1. The number of para-hydroxylation sites is 1. The van der Waals surface area contributed by atoms with Crippen molar-refractivity contribution in [1.29, 1.82) is 0 Å². The van der Waals surface area contributed by atoms with Crippen LogP contribution >= 0.6 is 0 Å².